The van der Waals surface area contributed by atoms with Crippen LogP contribution in [-0.4, -0.2) is 37.5 Å². The van der Waals surface area contributed by atoms with Crippen molar-refractivity contribution in [1.29, 1.82) is 0 Å². The Kier molecular flexibility index (Phi) is 3.53. The minimum Gasteiger partial charge on any atom is -0.399 e. The van der Waals surface area contributed by atoms with Gasteiger partial charge in [0.05, 0.1) is 12.3 Å². The molecule has 1 aliphatic rings. The number of rotatable bonds is 3. The molecule has 0 aromatic heterocycles. The van der Waals surface area contributed by atoms with E-state index in [0.29, 0.717) is 24.3 Å². The second kappa shape index (κ2) is 4.95. The van der Waals surface area contributed by atoms with Crippen LogP contribution in [0.3, 0.4) is 0 Å². The number of nitrogens with two attached hydrogens (primary N) is 1. The lowest BCUT2D eigenvalue weighted by atomic mass is 10.3. The van der Waals surface area contributed by atoms with Crippen molar-refractivity contribution in [1.82, 2.24) is 4.31 Å². The van der Waals surface area contributed by atoms with Crippen LogP contribution in [0.2, 0.25) is 0 Å². The first-order chi connectivity index (χ1) is 8.47. The highest BCUT2D eigenvalue weighted by atomic mass is 32.2. The van der Waals surface area contributed by atoms with Crippen LogP contribution in [-0.2, 0) is 14.8 Å². The van der Waals surface area contributed by atoms with Gasteiger partial charge >= 0.3 is 0 Å². The van der Waals surface area contributed by atoms with Crippen molar-refractivity contribution in [3.05, 3.63) is 24.3 Å². The fraction of sp³-hybridized carbons (Fsp3) is 0.364. The molecule has 0 radical (unpaired) electrons. The van der Waals surface area contributed by atoms with E-state index in [1.807, 2.05) is 0 Å². The molecule has 1 aromatic carbocycles. The predicted octanol–water partition coefficient (Wildman–Crippen LogP) is 0.243. The Morgan fingerprint density at radius 3 is 2.83 bits per heavy atom. The van der Waals surface area contributed by atoms with Gasteiger partial charge in [0.2, 0.25) is 15.9 Å². The Bertz CT molecular complexity index is 556. The highest BCUT2D eigenvalue weighted by Gasteiger charge is 2.29. The maximum Gasteiger partial charge on any atom is 0.239 e. The lowest BCUT2D eigenvalue weighted by molar-refractivity contribution is -0.116. The third-order valence-electron chi connectivity index (χ3n) is 2.69. The molecule has 0 spiro atoms. The van der Waals surface area contributed by atoms with Crippen molar-refractivity contribution in [2.45, 2.75) is 6.42 Å². The number of benzene rings is 1. The van der Waals surface area contributed by atoms with E-state index in [9.17, 15) is 13.2 Å². The summed E-state index contributed by atoms with van der Waals surface area (Å²) in [6.45, 7) is 0.268. The van der Waals surface area contributed by atoms with Gasteiger partial charge in [0.15, 0.2) is 0 Å². The Labute approximate surface area is 106 Å². The summed E-state index contributed by atoms with van der Waals surface area (Å²) < 4.78 is 24.3. The molecule has 0 aliphatic carbocycles. The summed E-state index contributed by atoms with van der Waals surface area (Å²) >= 11 is 0. The molecule has 1 aromatic rings. The predicted molar refractivity (Wildman–Crippen MR) is 69.5 cm³/mol. The maximum atomic E-state index is 11.7. The van der Waals surface area contributed by atoms with Gasteiger partial charge in [0.1, 0.15) is 0 Å². The average Bonchev–Trinajstić information content (AvgIpc) is 2.58. The lowest BCUT2D eigenvalue weighted by Gasteiger charge is -2.13. The molecule has 0 atom stereocenters. The molecule has 1 fully saturated rings. The molecule has 0 bridgehead atoms. The molecular weight excluding hydrogens is 254 g/mol. The molecule has 0 saturated carbocycles. The second-order valence-corrected chi connectivity index (χ2v) is 6.27. The number of carbonyl (C=O) groups is 1. The number of hydrogen-bond donors (Lipinski definition) is 2. The summed E-state index contributed by atoms with van der Waals surface area (Å²) in [7, 11) is -3.23. The lowest BCUT2D eigenvalue weighted by Crippen LogP contribution is -2.34. The van der Waals surface area contributed by atoms with Gasteiger partial charge in [-0.15, -0.1) is 0 Å². The third-order valence-corrected chi connectivity index (χ3v) is 4.60. The number of carbonyl (C=O) groups excluding carboxylic acids is 1. The minimum absolute atomic E-state index is 0.124. The molecule has 1 heterocycles. The quantitative estimate of drug-likeness (QED) is 0.769. The summed E-state index contributed by atoms with van der Waals surface area (Å²) in [6, 6.07) is 6.75. The largest absolute Gasteiger partial charge is 0.399 e. The Morgan fingerprint density at radius 1 is 1.44 bits per heavy atom. The zero-order chi connectivity index (χ0) is 13.2. The van der Waals surface area contributed by atoms with E-state index in [4.69, 9.17) is 5.73 Å². The van der Waals surface area contributed by atoms with Crippen molar-refractivity contribution < 1.29 is 13.2 Å². The topological polar surface area (TPSA) is 92.5 Å². The Morgan fingerprint density at radius 2 is 2.22 bits per heavy atom. The molecular formula is C11H15N3O3S. The molecule has 0 unspecified atom stereocenters. The minimum atomic E-state index is -3.23. The highest BCUT2D eigenvalue weighted by molar-refractivity contribution is 7.89. The van der Waals surface area contributed by atoms with Crippen LogP contribution < -0.4 is 11.1 Å². The average molecular weight is 269 g/mol. The van der Waals surface area contributed by atoms with Gasteiger partial charge in [-0.1, -0.05) is 6.07 Å². The normalized spacial score (nSPS) is 18.7. The monoisotopic (exact) mass is 269 g/mol. The van der Waals surface area contributed by atoms with Gasteiger partial charge in [0, 0.05) is 17.9 Å². The summed E-state index contributed by atoms with van der Waals surface area (Å²) in [5.41, 5.74) is 6.69. The van der Waals surface area contributed by atoms with E-state index in [1.54, 1.807) is 24.3 Å². The fourth-order valence-electron chi connectivity index (χ4n) is 1.85. The van der Waals surface area contributed by atoms with Crippen LogP contribution >= 0.6 is 0 Å². The fourth-order valence-corrected chi connectivity index (χ4v) is 3.32. The van der Waals surface area contributed by atoms with Crippen LogP contribution in [0, 0.1) is 0 Å². The van der Waals surface area contributed by atoms with Crippen LogP contribution in [0.1, 0.15) is 6.42 Å². The maximum absolute atomic E-state index is 11.7. The van der Waals surface area contributed by atoms with Gasteiger partial charge in [-0.3, -0.25) is 4.79 Å². The molecule has 2 rings (SSSR count). The van der Waals surface area contributed by atoms with Crippen LogP contribution in [0.5, 0.6) is 0 Å². The first-order valence-corrected chi connectivity index (χ1v) is 7.21. The highest BCUT2D eigenvalue weighted by Crippen LogP contribution is 2.14. The standard InChI is InChI=1S/C11H15N3O3S/c12-9-3-1-4-10(7-9)13-11(15)8-14-5-2-6-18(14,16)17/h1,3-4,7H,2,5-6,8,12H2,(H,13,15). The van der Waals surface area contributed by atoms with E-state index in [-0.39, 0.29) is 18.2 Å². The van der Waals surface area contributed by atoms with Gasteiger partial charge in [-0.25, -0.2) is 8.42 Å². The van der Waals surface area contributed by atoms with Gasteiger partial charge in [0.25, 0.3) is 0 Å². The number of hydrogen-bond acceptors (Lipinski definition) is 4. The zero-order valence-electron chi connectivity index (χ0n) is 9.80. The summed E-state index contributed by atoms with van der Waals surface area (Å²) in [5.74, 6) is -0.232. The molecule has 7 heteroatoms. The molecule has 1 aliphatic heterocycles. The van der Waals surface area contributed by atoms with Crippen molar-refractivity contribution in [2.75, 3.05) is 29.9 Å². The van der Waals surface area contributed by atoms with Crippen LogP contribution in [0.15, 0.2) is 24.3 Å². The summed E-state index contributed by atoms with van der Waals surface area (Å²) in [4.78, 5) is 11.7. The first kappa shape index (κ1) is 12.8. The van der Waals surface area contributed by atoms with E-state index in [2.05, 4.69) is 5.32 Å². The second-order valence-electron chi connectivity index (χ2n) is 4.18. The molecule has 1 amide bonds. The van der Waals surface area contributed by atoms with Crippen LogP contribution in [0.25, 0.3) is 0 Å². The first-order valence-electron chi connectivity index (χ1n) is 5.60. The number of nitrogens with one attached hydrogen (secondary N) is 1. The number of amides is 1. The number of anilines is 2. The van der Waals surface area contributed by atoms with E-state index < -0.39 is 10.0 Å². The molecule has 98 valence electrons. The van der Waals surface area contributed by atoms with E-state index in [1.165, 1.54) is 4.31 Å². The zero-order valence-corrected chi connectivity index (χ0v) is 10.6. The van der Waals surface area contributed by atoms with Crippen molar-refractivity contribution in [3.8, 4) is 0 Å². The van der Waals surface area contributed by atoms with Gasteiger partial charge < -0.3 is 11.1 Å². The summed E-state index contributed by atoms with van der Waals surface area (Å²) in [6.07, 6.45) is 0.577. The van der Waals surface area contributed by atoms with Crippen molar-refractivity contribution in [3.63, 3.8) is 0 Å². The number of sulfonamides is 1. The van der Waals surface area contributed by atoms with Crippen LogP contribution in [0.4, 0.5) is 11.4 Å². The van der Waals surface area contributed by atoms with Gasteiger partial charge in [-0.2, -0.15) is 4.31 Å². The SMILES string of the molecule is Nc1cccc(NC(=O)CN2CCCS2(=O)=O)c1. The van der Waals surface area contributed by atoms with Crippen molar-refractivity contribution in [2.24, 2.45) is 0 Å². The Hall–Kier alpha value is -1.60. The summed E-state index contributed by atoms with van der Waals surface area (Å²) in [5, 5.41) is 2.62. The molecule has 1 saturated heterocycles. The van der Waals surface area contributed by atoms with Gasteiger partial charge in [-0.05, 0) is 24.6 Å². The van der Waals surface area contributed by atoms with E-state index in [0.717, 1.165) is 0 Å². The van der Waals surface area contributed by atoms with E-state index >= 15 is 0 Å². The molecule has 18 heavy (non-hydrogen) atoms. The smallest absolute Gasteiger partial charge is 0.239 e. The molecule has 6 nitrogen and oxygen atoms in total. The third kappa shape index (κ3) is 2.99. The Balaban J connectivity index is 1.97. The number of nitrogen functional groups attached to an aromatic ring is 1. The number of nitrogens with zero attached hydrogens (tertiary/aromatic N) is 1. The van der Waals surface area contributed by atoms with Crippen molar-refractivity contribution >= 4 is 27.3 Å². The molecule has 3 N–H and O–H groups in total.